The highest BCUT2D eigenvalue weighted by Crippen LogP contribution is 2.50. The van der Waals surface area contributed by atoms with Gasteiger partial charge in [-0.1, -0.05) is 30.7 Å². The molecule has 0 radical (unpaired) electrons. The molecule has 2 aromatic heterocycles. The third-order valence-corrected chi connectivity index (χ3v) is 5.48. The third-order valence-electron chi connectivity index (χ3n) is 5.28. The highest BCUT2D eigenvalue weighted by atomic mass is 35.5. The molecule has 0 N–H and O–H groups in total. The molecule has 2 unspecified atom stereocenters. The Labute approximate surface area is 153 Å². The number of aromatic nitrogens is 3. The number of morpholine rings is 1. The van der Waals surface area contributed by atoms with Crippen LogP contribution in [0.3, 0.4) is 0 Å². The number of halogens is 1. The Bertz CT molecular complexity index is 753. The van der Waals surface area contributed by atoms with Gasteiger partial charge < -0.3 is 4.74 Å². The summed E-state index contributed by atoms with van der Waals surface area (Å²) in [6, 6.07) is 4.08. The molecule has 5 nitrogen and oxygen atoms in total. The maximum atomic E-state index is 6.21. The fourth-order valence-corrected chi connectivity index (χ4v) is 3.49. The van der Waals surface area contributed by atoms with Crippen LogP contribution in [-0.4, -0.2) is 45.0 Å². The summed E-state index contributed by atoms with van der Waals surface area (Å²) >= 11 is 5.92. The summed E-state index contributed by atoms with van der Waals surface area (Å²) in [4.78, 5) is 6.96. The van der Waals surface area contributed by atoms with Gasteiger partial charge in [0.15, 0.2) is 5.82 Å². The van der Waals surface area contributed by atoms with Gasteiger partial charge in [-0.25, -0.2) is 9.67 Å². The van der Waals surface area contributed by atoms with Crippen molar-refractivity contribution in [1.82, 2.24) is 19.7 Å². The minimum Gasteiger partial charge on any atom is -0.368 e. The summed E-state index contributed by atoms with van der Waals surface area (Å²) in [7, 11) is 0. The second kappa shape index (κ2) is 6.56. The lowest BCUT2D eigenvalue weighted by Crippen LogP contribution is -2.49. The van der Waals surface area contributed by atoms with Crippen molar-refractivity contribution >= 4 is 11.6 Å². The van der Waals surface area contributed by atoms with Crippen molar-refractivity contribution in [2.24, 2.45) is 5.41 Å². The van der Waals surface area contributed by atoms with Crippen molar-refractivity contribution in [2.45, 2.75) is 38.5 Å². The zero-order chi connectivity index (χ0) is 17.4. The fourth-order valence-electron chi connectivity index (χ4n) is 3.35. The van der Waals surface area contributed by atoms with Crippen LogP contribution in [0, 0.1) is 5.41 Å². The van der Waals surface area contributed by atoms with Crippen LogP contribution in [0.5, 0.6) is 0 Å². The Hall–Kier alpha value is -1.69. The predicted molar refractivity (Wildman–Crippen MR) is 97.8 cm³/mol. The van der Waals surface area contributed by atoms with Gasteiger partial charge in [0.25, 0.3) is 0 Å². The first kappa shape index (κ1) is 16.8. The second-order valence-electron chi connectivity index (χ2n) is 7.37. The summed E-state index contributed by atoms with van der Waals surface area (Å²) in [5, 5.41) is 4.79. The van der Waals surface area contributed by atoms with E-state index in [0.29, 0.717) is 16.5 Å². The van der Waals surface area contributed by atoms with E-state index in [0.717, 1.165) is 25.5 Å². The molecule has 2 aliphatic rings. The van der Waals surface area contributed by atoms with Crippen LogP contribution in [0.15, 0.2) is 43.4 Å². The summed E-state index contributed by atoms with van der Waals surface area (Å²) in [5.41, 5.74) is 1.54. The molecule has 25 heavy (non-hydrogen) atoms. The van der Waals surface area contributed by atoms with Gasteiger partial charge in [-0.05, 0) is 29.9 Å². The quantitative estimate of drug-likeness (QED) is 0.767. The summed E-state index contributed by atoms with van der Waals surface area (Å²) < 4.78 is 7.89. The molecule has 6 heteroatoms. The molecule has 1 aliphatic heterocycles. The maximum absolute atomic E-state index is 6.21. The molecule has 132 valence electrons. The van der Waals surface area contributed by atoms with Crippen molar-refractivity contribution in [3.63, 3.8) is 0 Å². The van der Waals surface area contributed by atoms with Crippen molar-refractivity contribution in [3.8, 4) is 5.82 Å². The Balaban J connectivity index is 1.44. The molecule has 4 rings (SSSR count). The SMILES string of the molecule is C=CC1CN(Cc2ccc(-n3cc(Cl)cn3)nc2)CC(C2(C)CC2)O1. The maximum Gasteiger partial charge on any atom is 0.153 e. The lowest BCUT2D eigenvalue weighted by Gasteiger charge is -2.39. The van der Waals surface area contributed by atoms with Crippen molar-refractivity contribution in [2.75, 3.05) is 13.1 Å². The number of ether oxygens (including phenoxy) is 1. The third kappa shape index (κ3) is 3.64. The van der Waals surface area contributed by atoms with E-state index in [4.69, 9.17) is 16.3 Å². The average molecular weight is 359 g/mol. The van der Waals surface area contributed by atoms with E-state index in [1.807, 2.05) is 18.3 Å². The molecular weight excluding hydrogens is 336 g/mol. The number of rotatable bonds is 5. The number of hydrogen-bond acceptors (Lipinski definition) is 4. The van der Waals surface area contributed by atoms with E-state index < -0.39 is 0 Å². The lowest BCUT2D eigenvalue weighted by molar-refractivity contribution is -0.0953. The summed E-state index contributed by atoms with van der Waals surface area (Å²) in [5.74, 6) is 0.768. The fraction of sp³-hybridized carbons (Fsp3) is 0.474. The van der Waals surface area contributed by atoms with Gasteiger partial charge in [-0.15, -0.1) is 6.58 Å². The zero-order valence-corrected chi connectivity index (χ0v) is 15.2. The van der Waals surface area contributed by atoms with Crippen LogP contribution in [0.2, 0.25) is 5.02 Å². The van der Waals surface area contributed by atoms with Crippen LogP contribution in [0.1, 0.15) is 25.3 Å². The van der Waals surface area contributed by atoms with Crippen LogP contribution >= 0.6 is 11.6 Å². The van der Waals surface area contributed by atoms with Crippen molar-refractivity contribution in [1.29, 1.82) is 0 Å². The smallest absolute Gasteiger partial charge is 0.153 e. The molecule has 2 fully saturated rings. The lowest BCUT2D eigenvalue weighted by atomic mass is 9.99. The van der Waals surface area contributed by atoms with Crippen LogP contribution < -0.4 is 0 Å². The Morgan fingerprint density at radius 1 is 1.36 bits per heavy atom. The van der Waals surface area contributed by atoms with E-state index in [1.54, 1.807) is 17.1 Å². The van der Waals surface area contributed by atoms with Gasteiger partial charge >= 0.3 is 0 Å². The first-order chi connectivity index (χ1) is 12.1. The van der Waals surface area contributed by atoms with Gasteiger partial charge in [0, 0.05) is 25.8 Å². The first-order valence-corrected chi connectivity index (χ1v) is 9.09. The monoisotopic (exact) mass is 358 g/mol. The van der Waals surface area contributed by atoms with Crippen molar-refractivity contribution in [3.05, 3.63) is 54.0 Å². The van der Waals surface area contributed by atoms with E-state index in [1.165, 1.54) is 18.4 Å². The standard InChI is InChI=1S/C19H23ClN4O/c1-3-16-12-23(13-17(25-16)19(2)6-7-19)10-14-4-5-18(21-8-14)24-11-15(20)9-22-24/h3-5,8-9,11,16-17H,1,6-7,10,12-13H2,2H3. The molecule has 0 spiro atoms. The largest absolute Gasteiger partial charge is 0.368 e. The topological polar surface area (TPSA) is 43.2 Å². The van der Waals surface area contributed by atoms with Crippen LogP contribution in [-0.2, 0) is 11.3 Å². The summed E-state index contributed by atoms with van der Waals surface area (Å²) in [6.45, 7) is 8.97. The van der Waals surface area contributed by atoms with E-state index in [2.05, 4.69) is 34.6 Å². The highest BCUT2D eigenvalue weighted by molar-refractivity contribution is 6.30. The van der Waals surface area contributed by atoms with Crippen LogP contribution in [0.25, 0.3) is 5.82 Å². The first-order valence-electron chi connectivity index (χ1n) is 8.72. The molecule has 2 aromatic rings. The molecule has 0 aromatic carbocycles. The second-order valence-corrected chi connectivity index (χ2v) is 7.81. The minimum atomic E-state index is 0.106. The molecule has 3 heterocycles. The molecule has 1 saturated heterocycles. The summed E-state index contributed by atoms with van der Waals surface area (Å²) in [6.07, 6.45) is 10.1. The van der Waals surface area contributed by atoms with Gasteiger partial charge in [0.05, 0.1) is 29.6 Å². The molecule has 0 amide bonds. The highest BCUT2D eigenvalue weighted by Gasteiger charge is 2.48. The Morgan fingerprint density at radius 2 is 2.20 bits per heavy atom. The van der Waals surface area contributed by atoms with Gasteiger partial charge in [0.1, 0.15) is 0 Å². The normalized spacial score (nSPS) is 25.7. The number of nitrogens with zero attached hydrogens (tertiary/aromatic N) is 4. The van der Waals surface area contributed by atoms with Gasteiger partial charge in [-0.2, -0.15) is 5.10 Å². The van der Waals surface area contributed by atoms with Crippen LogP contribution in [0.4, 0.5) is 0 Å². The predicted octanol–water partition coefficient (Wildman–Crippen LogP) is 3.48. The minimum absolute atomic E-state index is 0.106. The van der Waals surface area contributed by atoms with E-state index >= 15 is 0 Å². The molecular formula is C19H23ClN4O. The van der Waals surface area contributed by atoms with E-state index in [-0.39, 0.29) is 6.10 Å². The molecule has 0 bridgehead atoms. The van der Waals surface area contributed by atoms with Gasteiger partial charge in [0.2, 0.25) is 0 Å². The van der Waals surface area contributed by atoms with Gasteiger partial charge in [-0.3, -0.25) is 4.90 Å². The van der Waals surface area contributed by atoms with Crippen molar-refractivity contribution < 1.29 is 4.74 Å². The van der Waals surface area contributed by atoms with E-state index in [9.17, 15) is 0 Å². The Morgan fingerprint density at radius 3 is 2.80 bits per heavy atom. The zero-order valence-electron chi connectivity index (χ0n) is 14.4. The number of hydrogen-bond donors (Lipinski definition) is 0. The average Bonchev–Trinajstić information content (AvgIpc) is 3.23. The number of pyridine rings is 1. The Kier molecular flexibility index (Phi) is 4.40. The molecule has 1 aliphatic carbocycles. The molecule has 2 atom stereocenters. The molecule has 1 saturated carbocycles.